The van der Waals surface area contributed by atoms with Crippen molar-refractivity contribution in [3.8, 4) is 0 Å². The fourth-order valence-electron chi connectivity index (χ4n) is 4.53. The number of aliphatic carboxylic acids is 1. The number of carbonyl (C=O) groups is 1. The summed E-state index contributed by atoms with van der Waals surface area (Å²) in [6.45, 7) is 0. The highest BCUT2D eigenvalue weighted by atomic mass is 19.1. The Balaban J connectivity index is 2.06. The average molecular weight is 278 g/mol. The molecule has 4 heteroatoms. The van der Waals surface area contributed by atoms with E-state index in [2.05, 4.69) is 0 Å². The van der Waals surface area contributed by atoms with E-state index in [4.69, 9.17) is 0 Å². The molecule has 2 aliphatic carbocycles. The molecule has 2 fully saturated rings. The summed E-state index contributed by atoms with van der Waals surface area (Å²) >= 11 is 0. The van der Waals surface area contributed by atoms with Crippen LogP contribution < -0.4 is 0 Å². The van der Waals surface area contributed by atoms with Crippen molar-refractivity contribution in [2.24, 2.45) is 11.8 Å². The van der Waals surface area contributed by atoms with Crippen LogP contribution in [0.2, 0.25) is 0 Å². The lowest BCUT2D eigenvalue weighted by molar-refractivity contribution is -0.140. The van der Waals surface area contributed by atoms with Gasteiger partial charge in [-0.15, -0.1) is 0 Å². The third-order valence-corrected chi connectivity index (χ3v) is 5.26. The fraction of sp³-hybridized carbons (Fsp3) is 0.562. The molecule has 2 N–H and O–H groups in total. The molecule has 0 heterocycles. The summed E-state index contributed by atoms with van der Waals surface area (Å²) in [5.41, 5.74) is 0.486. The summed E-state index contributed by atoms with van der Waals surface area (Å²) in [5.74, 6) is -0.763. The van der Waals surface area contributed by atoms with Gasteiger partial charge in [-0.05, 0) is 55.2 Å². The van der Waals surface area contributed by atoms with Crippen molar-refractivity contribution >= 4 is 5.97 Å². The molecule has 1 aromatic carbocycles. The van der Waals surface area contributed by atoms with Crippen LogP contribution in [0.3, 0.4) is 0 Å². The van der Waals surface area contributed by atoms with Crippen LogP contribution in [-0.4, -0.2) is 22.3 Å². The van der Waals surface area contributed by atoms with E-state index < -0.39 is 11.4 Å². The van der Waals surface area contributed by atoms with Gasteiger partial charge in [-0.1, -0.05) is 12.1 Å². The van der Waals surface area contributed by atoms with Crippen molar-refractivity contribution in [2.45, 2.75) is 43.6 Å². The van der Waals surface area contributed by atoms with Gasteiger partial charge in [-0.25, -0.2) is 4.39 Å². The van der Waals surface area contributed by atoms with Gasteiger partial charge in [0.05, 0.1) is 12.5 Å². The number of halogens is 1. The zero-order valence-corrected chi connectivity index (χ0v) is 11.3. The molecule has 2 aliphatic rings. The standard InChI is InChI=1S/C16H19FO3/c17-13-5-3-10(4-6-13)16(9-15(19)20)11-1-2-12(16)8-14(18)7-11/h3-6,11-12,14,18H,1-2,7-9H2,(H,19,20). The van der Waals surface area contributed by atoms with Crippen LogP contribution >= 0.6 is 0 Å². The number of aliphatic hydroxyl groups excluding tert-OH is 1. The molecule has 1 aromatic rings. The van der Waals surface area contributed by atoms with E-state index in [0.717, 1.165) is 18.4 Å². The Kier molecular flexibility index (Phi) is 3.28. The number of hydrogen-bond acceptors (Lipinski definition) is 2. The van der Waals surface area contributed by atoms with E-state index in [-0.39, 0.29) is 30.2 Å². The van der Waals surface area contributed by atoms with Gasteiger partial charge in [-0.2, -0.15) is 0 Å². The maximum Gasteiger partial charge on any atom is 0.304 e. The summed E-state index contributed by atoms with van der Waals surface area (Å²) in [6, 6.07) is 6.26. The SMILES string of the molecule is O=C(O)CC1(c2ccc(F)cc2)C2CCC1CC(O)C2. The Morgan fingerprint density at radius 2 is 1.75 bits per heavy atom. The highest BCUT2D eigenvalue weighted by Crippen LogP contribution is 2.58. The Bertz CT molecular complexity index is 497. The number of fused-ring (bicyclic) bond motifs is 2. The molecule has 3 rings (SSSR count). The summed E-state index contributed by atoms with van der Waals surface area (Å²) in [7, 11) is 0. The van der Waals surface area contributed by atoms with Gasteiger partial charge in [-0.3, -0.25) is 4.79 Å². The predicted octanol–water partition coefficient (Wildman–Crippen LogP) is 2.72. The first-order chi connectivity index (χ1) is 9.52. The Labute approximate surface area is 117 Å². The van der Waals surface area contributed by atoms with E-state index in [1.54, 1.807) is 12.1 Å². The van der Waals surface area contributed by atoms with Gasteiger partial charge in [0.15, 0.2) is 0 Å². The molecule has 0 aromatic heterocycles. The van der Waals surface area contributed by atoms with Crippen LogP contribution in [0, 0.1) is 17.7 Å². The molecule has 2 unspecified atom stereocenters. The van der Waals surface area contributed by atoms with Crippen molar-refractivity contribution in [1.29, 1.82) is 0 Å². The molecule has 2 atom stereocenters. The molecule has 108 valence electrons. The summed E-state index contributed by atoms with van der Waals surface area (Å²) < 4.78 is 13.2. The van der Waals surface area contributed by atoms with Crippen LogP contribution in [0.4, 0.5) is 4.39 Å². The molecule has 2 saturated carbocycles. The third kappa shape index (κ3) is 2.03. The molecule has 0 aliphatic heterocycles. The smallest absolute Gasteiger partial charge is 0.304 e. The lowest BCUT2D eigenvalue weighted by Crippen LogP contribution is -2.45. The fourth-order valence-corrected chi connectivity index (χ4v) is 4.53. The highest BCUT2D eigenvalue weighted by Gasteiger charge is 2.55. The average Bonchev–Trinajstić information content (AvgIpc) is 2.58. The van der Waals surface area contributed by atoms with Crippen molar-refractivity contribution in [3.63, 3.8) is 0 Å². The van der Waals surface area contributed by atoms with Crippen molar-refractivity contribution in [3.05, 3.63) is 35.6 Å². The number of carboxylic acid groups (broad SMARTS) is 1. The monoisotopic (exact) mass is 278 g/mol. The summed E-state index contributed by atoms with van der Waals surface area (Å²) in [4.78, 5) is 11.4. The Hall–Kier alpha value is -1.42. The van der Waals surface area contributed by atoms with Gasteiger partial charge in [0, 0.05) is 5.41 Å². The van der Waals surface area contributed by atoms with Crippen LogP contribution in [0.5, 0.6) is 0 Å². The number of hydrogen-bond donors (Lipinski definition) is 2. The second-order valence-electron chi connectivity index (χ2n) is 6.21. The van der Waals surface area contributed by atoms with Gasteiger partial charge in [0.25, 0.3) is 0 Å². The minimum absolute atomic E-state index is 0.0701. The maximum atomic E-state index is 13.2. The van der Waals surface area contributed by atoms with Gasteiger partial charge >= 0.3 is 5.97 Å². The second kappa shape index (κ2) is 4.85. The van der Waals surface area contributed by atoms with Gasteiger partial charge < -0.3 is 10.2 Å². The Morgan fingerprint density at radius 1 is 1.20 bits per heavy atom. The normalized spacial score (nSPS) is 36.0. The molecule has 0 spiro atoms. The minimum atomic E-state index is -0.817. The first-order valence-corrected chi connectivity index (χ1v) is 7.18. The lowest BCUT2D eigenvalue weighted by atomic mass is 9.59. The first-order valence-electron chi connectivity index (χ1n) is 7.18. The van der Waals surface area contributed by atoms with E-state index in [9.17, 15) is 19.4 Å². The van der Waals surface area contributed by atoms with Crippen molar-refractivity contribution in [1.82, 2.24) is 0 Å². The van der Waals surface area contributed by atoms with E-state index >= 15 is 0 Å². The highest BCUT2D eigenvalue weighted by molar-refractivity contribution is 5.69. The third-order valence-electron chi connectivity index (χ3n) is 5.26. The molecular formula is C16H19FO3. The molecule has 2 bridgehead atoms. The second-order valence-corrected chi connectivity index (χ2v) is 6.21. The number of aliphatic hydroxyl groups is 1. The molecule has 0 radical (unpaired) electrons. The van der Waals surface area contributed by atoms with Crippen LogP contribution in [0.1, 0.15) is 37.7 Å². The first kappa shape index (κ1) is 13.6. The summed E-state index contributed by atoms with van der Waals surface area (Å²) in [5, 5.41) is 19.3. The minimum Gasteiger partial charge on any atom is -0.481 e. The largest absolute Gasteiger partial charge is 0.481 e. The van der Waals surface area contributed by atoms with Crippen LogP contribution in [0.15, 0.2) is 24.3 Å². The lowest BCUT2D eigenvalue weighted by Gasteiger charge is -2.45. The number of rotatable bonds is 3. The van der Waals surface area contributed by atoms with Gasteiger partial charge in [0.1, 0.15) is 5.82 Å². The van der Waals surface area contributed by atoms with E-state index in [1.165, 1.54) is 12.1 Å². The molecular weight excluding hydrogens is 259 g/mol. The van der Waals surface area contributed by atoms with Crippen LogP contribution in [-0.2, 0) is 10.2 Å². The number of benzene rings is 1. The molecule has 3 nitrogen and oxygen atoms in total. The zero-order chi connectivity index (χ0) is 14.3. The number of carboxylic acids is 1. The maximum absolute atomic E-state index is 13.2. The van der Waals surface area contributed by atoms with Crippen molar-refractivity contribution < 1.29 is 19.4 Å². The van der Waals surface area contributed by atoms with Gasteiger partial charge in [0.2, 0.25) is 0 Å². The van der Waals surface area contributed by atoms with Crippen molar-refractivity contribution in [2.75, 3.05) is 0 Å². The van der Waals surface area contributed by atoms with E-state index in [0.29, 0.717) is 12.8 Å². The Morgan fingerprint density at radius 3 is 2.25 bits per heavy atom. The zero-order valence-electron chi connectivity index (χ0n) is 11.3. The quantitative estimate of drug-likeness (QED) is 0.893. The molecule has 0 saturated heterocycles. The molecule has 20 heavy (non-hydrogen) atoms. The topological polar surface area (TPSA) is 57.5 Å². The summed E-state index contributed by atoms with van der Waals surface area (Å²) in [6.07, 6.45) is 2.96. The predicted molar refractivity (Wildman–Crippen MR) is 71.8 cm³/mol. The van der Waals surface area contributed by atoms with Crippen LogP contribution in [0.25, 0.3) is 0 Å². The van der Waals surface area contributed by atoms with E-state index in [1.807, 2.05) is 0 Å². The molecule has 0 amide bonds.